The van der Waals surface area contributed by atoms with E-state index in [1.54, 1.807) is 7.11 Å². The third kappa shape index (κ3) is 1.38. The molecule has 13 heavy (non-hydrogen) atoms. The Balaban J connectivity index is 2.58. The van der Waals surface area contributed by atoms with Crippen LogP contribution in [0.2, 0.25) is 0 Å². The minimum absolute atomic E-state index is 0.615. The van der Waals surface area contributed by atoms with Crippen molar-refractivity contribution in [2.24, 2.45) is 0 Å². The van der Waals surface area contributed by atoms with E-state index < -0.39 is 0 Å². The summed E-state index contributed by atoms with van der Waals surface area (Å²) >= 11 is 0. The molecular formula is C10H12N2O. The summed E-state index contributed by atoms with van der Waals surface area (Å²) in [5.74, 6) is 0. The monoisotopic (exact) mass is 176 g/mol. The molecule has 0 radical (unpaired) electrons. The number of nitrogen functional groups attached to an aromatic ring is 1. The molecular weight excluding hydrogens is 164 g/mol. The number of hydrogen-bond donors (Lipinski definition) is 2. The number of methoxy groups -OCH3 is 1. The van der Waals surface area contributed by atoms with Gasteiger partial charge in [-0.15, -0.1) is 0 Å². The topological polar surface area (TPSA) is 51.0 Å². The lowest BCUT2D eigenvalue weighted by atomic mass is 10.1. The maximum atomic E-state index is 5.69. The molecule has 1 aromatic carbocycles. The molecule has 0 spiro atoms. The molecule has 2 rings (SSSR count). The molecule has 0 fully saturated rings. The van der Waals surface area contributed by atoms with Crippen molar-refractivity contribution in [1.82, 2.24) is 4.98 Å². The van der Waals surface area contributed by atoms with Crippen molar-refractivity contribution in [3.63, 3.8) is 0 Å². The number of aromatic amines is 1. The summed E-state index contributed by atoms with van der Waals surface area (Å²) in [6.07, 6.45) is 1.95. The van der Waals surface area contributed by atoms with Gasteiger partial charge >= 0.3 is 0 Å². The standard InChI is InChI=1S/C10H12N2O/c1-13-6-7-5-12-10-3-2-8(11)4-9(7)10/h2-5,12H,6,11H2,1H3. The van der Waals surface area contributed by atoms with E-state index in [1.807, 2.05) is 24.4 Å². The average Bonchev–Trinajstić information content (AvgIpc) is 2.49. The van der Waals surface area contributed by atoms with E-state index in [0.29, 0.717) is 6.61 Å². The molecule has 0 unspecified atom stereocenters. The van der Waals surface area contributed by atoms with Crippen LogP contribution in [-0.2, 0) is 11.3 Å². The fourth-order valence-corrected chi connectivity index (χ4v) is 1.47. The van der Waals surface area contributed by atoms with Crippen LogP contribution < -0.4 is 5.73 Å². The van der Waals surface area contributed by atoms with Crippen LogP contribution in [-0.4, -0.2) is 12.1 Å². The zero-order valence-corrected chi connectivity index (χ0v) is 7.50. The second kappa shape index (κ2) is 3.11. The van der Waals surface area contributed by atoms with Gasteiger partial charge < -0.3 is 15.5 Å². The number of hydrogen-bond acceptors (Lipinski definition) is 2. The van der Waals surface area contributed by atoms with Crippen LogP contribution >= 0.6 is 0 Å². The highest BCUT2D eigenvalue weighted by Crippen LogP contribution is 2.21. The van der Waals surface area contributed by atoms with Crippen molar-refractivity contribution in [2.75, 3.05) is 12.8 Å². The number of nitrogens with two attached hydrogens (primary N) is 1. The molecule has 0 amide bonds. The molecule has 0 aliphatic heterocycles. The first kappa shape index (κ1) is 8.13. The number of rotatable bonds is 2. The first-order valence-electron chi connectivity index (χ1n) is 4.15. The van der Waals surface area contributed by atoms with E-state index >= 15 is 0 Å². The van der Waals surface area contributed by atoms with E-state index in [4.69, 9.17) is 10.5 Å². The average molecular weight is 176 g/mol. The van der Waals surface area contributed by atoms with Gasteiger partial charge in [-0.3, -0.25) is 0 Å². The van der Waals surface area contributed by atoms with Gasteiger partial charge in [0, 0.05) is 35.5 Å². The Bertz CT molecular complexity index is 420. The number of nitrogens with one attached hydrogen (secondary N) is 1. The molecule has 2 aromatic rings. The summed E-state index contributed by atoms with van der Waals surface area (Å²) in [5, 5.41) is 1.14. The van der Waals surface area contributed by atoms with Crippen LogP contribution in [0.3, 0.4) is 0 Å². The van der Waals surface area contributed by atoms with Crippen molar-refractivity contribution in [2.45, 2.75) is 6.61 Å². The molecule has 0 aliphatic carbocycles. The second-order valence-electron chi connectivity index (χ2n) is 3.05. The van der Waals surface area contributed by atoms with Crippen LogP contribution in [0.1, 0.15) is 5.56 Å². The van der Waals surface area contributed by atoms with Crippen molar-refractivity contribution in [3.05, 3.63) is 30.0 Å². The lowest BCUT2D eigenvalue weighted by Crippen LogP contribution is -1.86. The normalized spacial score (nSPS) is 10.8. The minimum Gasteiger partial charge on any atom is -0.399 e. The highest BCUT2D eigenvalue weighted by atomic mass is 16.5. The van der Waals surface area contributed by atoms with Gasteiger partial charge in [0.15, 0.2) is 0 Å². The molecule has 3 heteroatoms. The Morgan fingerprint density at radius 1 is 1.46 bits per heavy atom. The van der Waals surface area contributed by atoms with Gasteiger partial charge in [0.25, 0.3) is 0 Å². The highest BCUT2D eigenvalue weighted by Gasteiger charge is 2.02. The summed E-state index contributed by atoms with van der Waals surface area (Å²) in [6, 6.07) is 5.82. The molecule has 0 bridgehead atoms. The predicted octanol–water partition coefficient (Wildman–Crippen LogP) is 1.90. The van der Waals surface area contributed by atoms with Crippen molar-refractivity contribution >= 4 is 16.6 Å². The number of anilines is 1. The fraction of sp³-hybridized carbons (Fsp3) is 0.200. The van der Waals surface area contributed by atoms with Crippen LogP contribution in [0.4, 0.5) is 5.69 Å². The quantitative estimate of drug-likeness (QED) is 0.686. The van der Waals surface area contributed by atoms with Gasteiger partial charge in [-0.25, -0.2) is 0 Å². The van der Waals surface area contributed by atoms with Crippen LogP contribution in [0, 0.1) is 0 Å². The van der Waals surface area contributed by atoms with Gasteiger partial charge in [-0.1, -0.05) is 0 Å². The summed E-state index contributed by atoms with van der Waals surface area (Å²) < 4.78 is 5.07. The van der Waals surface area contributed by atoms with E-state index in [0.717, 1.165) is 22.2 Å². The number of benzene rings is 1. The summed E-state index contributed by atoms with van der Waals surface area (Å²) in [4.78, 5) is 3.16. The smallest absolute Gasteiger partial charge is 0.0733 e. The lowest BCUT2D eigenvalue weighted by Gasteiger charge is -1.97. The number of fused-ring (bicyclic) bond motifs is 1. The maximum Gasteiger partial charge on any atom is 0.0733 e. The van der Waals surface area contributed by atoms with Crippen molar-refractivity contribution in [1.29, 1.82) is 0 Å². The van der Waals surface area contributed by atoms with Crippen LogP contribution in [0.15, 0.2) is 24.4 Å². The first-order valence-corrected chi connectivity index (χ1v) is 4.15. The Morgan fingerprint density at radius 2 is 2.31 bits per heavy atom. The SMILES string of the molecule is COCc1c[nH]c2ccc(N)cc12. The van der Waals surface area contributed by atoms with E-state index in [2.05, 4.69) is 4.98 Å². The molecule has 0 saturated carbocycles. The first-order chi connectivity index (χ1) is 6.31. The largest absolute Gasteiger partial charge is 0.399 e. The van der Waals surface area contributed by atoms with Crippen molar-refractivity contribution in [3.8, 4) is 0 Å². The molecule has 0 atom stereocenters. The molecule has 0 aliphatic rings. The van der Waals surface area contributed by atoms with E-state index in [-0.39, 0.29) is 0 Å². The Labute approximate surface area is 76.5 Å². The molecule has 1 heterocycles. The van der Waals surface area contributed by atoms with Gasteiger partial charge in [0.1, 0.15) is 0 Å². The summed E-state index contributed by atoms with van der Waals surface area (Å²) in [7, 11) is 1.69. The summed E-state index contributed by atoms with van der Waals surface area (Å²) in [5.41, 5.74) is 8.72. The van der Waals surface area contributed by atoms with E-state index in [9.17, 15) is 0 Å². The molecule has 0 saturated heterocycles. The highest BCUT2D eigenvalue weighted by molar-refractivity contribution is 5.85. The van der Waals surface area contributed by atoms with Gasteiger partial charge in [0.2, 0.25) is 0 Å². The third-order valence-electron chi connectivity index (χ3n) is 2.09. The van der Waals surface area contributed by atoms with Crippen molar-refractivity contribution < 1.29 is 4.74 Å². The second-order valence-corrected chi connectivity index (χ2v) is 3.05. The van der Waals surface area contributed by atoms with Gasteiger partial charge in [-0.2, -0.15) is 0 Å². The van der Waals surface area contributed by atoms with Crippen LogP contribution in [0.25, 0.3) is 10.9 Å². The predicted molar refractivity (Wildman–Crippen MR) is 53.4 cm³/mol. The number of H-pyrrole nitrogens is 1. The van der Waals surface area contributed by atoms with Gasteiger partial charge in [0.05, 0.1) is 6.61 Å². The zero-order valence-electron chi connectivity index (χ0n) is 7.50. The Kier molecular flexibility index (Phi) is 1.94. The molecule has 1 aromatic heterocycles. The molecule has 3 nitrogen and oxygen atoms in total. The molecule has 68 valence electrons. The van der Waals surface area contributed by atoms with Crippen LogP contribution in [0.5, 0.6) is 0 Å². The summed E-state index contributed by atoms with van der Waals surface area (Å²) in [6.45, 7) is 0.615. The fourth-order valence-electron chi connectivity index (χ4n) is 1.47. The number of ether oxygens (including phenoxy) is 1. The Hall–Kier alpha value is -1.48. The third-order valence-corrected chi connectivity index (χ3v) is 2.09. The molecule has 3 N–H and O–H groups in total. The van der Waals surface area contributed by atoms with E-state index in [1.165, 1.54) is 0 Å². The van der Waals surface area contributed by atoms with Gasteiger partial charge in [-0.05, 0) is 18.2 Å². The zero-order chi connectivity index (χ0) is 9.26. The minimum atomic E-state index is 0.615. The number of aromatic nitrogens is 1. The Morgan fingerprint density at radius 3 is 3.08 bits per heavy atom. The lowest BCUT2D eigenvalue weighted by molar-refractivity contribution is 0.186. The maximum absolute atomic E-state index is 5.69.